The van der Waals surface area contributed by atoms with Crippen molar-refractivity contribution in [3.8, 4) is 11.1 Å². The molecule has 1 aliphatic carbocycles. The van der Waals surface area contributed by atoms with Crippen LogP contribution in [0.2, 0.25) is 0 Å². The molecule has 0 saturated heterocycles. The first-order valence-corrected chi connectivity index (χ1v) is 8.48. The predicted molar refractivity (Wildman–Crippen MR) is 101 cm³/mol. The van der Waals surface area contributed by atoms with E-state index in [4.69, 9.17) is 0 Å². The molecule has 0 bridgehead atoms. The van der Waals surface area contributed by atoms with E-state index in [1.165, 1.54) is 6.07 Å². The van der Waals surface area contributed by atoms with Gasteiger partial charge >= 0.3 is 0 Å². The number of benzene rings is 3. The lowest BCUT2D eigenvalue weighted by atomic mass is 10.0. The minimum absolute atomic E-state index is 0.0142. The molecule has 0 spiro atoms. The molecule has 0 amide bonds. The molecule has 1 heterocycles. The summed E-state index contributed by atoms with van der Waals surface area (Å²) in [6.07, 6.45) is 0. The first kappa shape index (κ1) is 14.8. The summed E-state index contributed by atoms with van der Waals surface area (Å²) in [5.41, 5.74) is 5.26. The Morgan fingerprint density at radius 2 is 1.62 bits per heavy atom. The second-order valence-corrected chi connectivity index (χ2v) is 6.49. The second kappa shape index (κ2) is 5.02. The fourth-order valence-corrected chi connectivity index (χ4v) is 4.06. The third kappa shape index (κ3) is 1.77. The topological polar surface area (TPSA) is 65.1 Å². The minimum Gasteiger partial charge on any atom is -0.341 e. The fraction of sp³-hybridized carbons (Fsp3) is 0.0952. The third-order valence-corrected chi connectivity index (χ3v) is 5.22. The summed E-state index contributed by atoms with van der Waals surface area (Å²) in [6, 6.07) is 16.5. The van der Waals surface area contributed by atoms with Gasteiger partial charge in [-0.2, -0.15) is 0 Å². The van der Waals surface area contributed by atoms with Crippen LogP contribution in [0.4, 0.5) is 5.69 Å². The molecule has 5 rings (SSSR count). The minimum atomic E-state index is -0.386. The number of nitro benzene ring substituents is 1. The molecule has 0 atom stereocenters. The van der Waals surface area contributed by atoms with Gasteiger partial charge in [0.05, 0.1) is 4.92 Å². The first-order chi connectivity index (χ1) is 12.6. The van der Waals surface area contributed by atoms with E-state index in [2.05, 4.69) is 4.57 Å². The zero-order valence-corrected chi connectivity index (χ0v) is 14.0. The van der Waals surface area contributed by atoms with Gasteiger partial charge in [0.25, 0.3) is 5.69 Å². The number of hydrogen-bond donors (Lipinski definition) is 0. The monoisotopic (exact) mass is 342 g/mol. The quantitative estimate of drug-likeness (QED) is 0.337. The van der Waals surface area contributed by atoms with E-state index in [1.807, 2.05) is 43.3 Å². The number of carbonyl (C=O) groups excluding carboxylic acids is 1. The zero-order valence-electron chi connectivity index (χ0n) is 14.0. The molecular weight excluding hydrogens is 328 g/mol. The third-order valence-electron chi connectivity index (χ3n) is 5.22. The number of ketones is 1. The SMILES string of the molecule is CCn1c2ccc([N+](=O)[O-])cc2c2cc3c(cc21)-c1ccccc1C3=O. The lowest BCUT2D eigenvalue weighted by molar-refractivity contribution is -0.384. The lowest BCUT2D eigenvalue weighted by Crippen LogP contribution is -1.95. The molecule has 1 aliphatic rings. The number of fused-ring (bicyclic) bond motifs is 6. The smallest absolute Gasteiger partial charge is 0.270 e. The Hall–Kier alpha value is -3.47. The number of hydrogen-bond acceptors (Lipinski definition) is 3. The van der Waals surface area contributed by atoms with Crippen LogP contribution in [0.3, 0.4) is 0 Å². The van der Waals surface area contributed by atoms with Crippen molar-refractivity contribution < 1.29 is 9.72 Å². The van der Waals surface area contributed by atoms with Gasteiger partial charge in [-0.1, -0.05) is 24.3 Å². The molecule has 0 aliphatic heterocycles. The van der Waals surface area contributed by atoms with E-state index < -0.39 is 0 Å². The Morgan fingerprint density at radius 1 is 0.885 bits per heavy atom. The molecule has 26 heavy (non-hydrogen) atoms. The van der Waals surface area contributed by atoms with E-state index in [-0.39, 0.29) is 16.4 Å². The van der Waals surface area contributed by atoms with Crippen LogP contribution >= 0.6 is 0 Å². The average molecular weight is 342 g/mol. The number of aromatic nitrogens is 1. The number of carbonyl (C=O) groups is 1. The Balaban J connectivity index is 1.92. The van der Waals surface area contributed by atoms with Gasteiger partial charge in [0.2, 0.25) is 0 Å². The van der Waals surface area contributed by atoms with Crippen molar-refractivity contribution in [1.82, 2.24) is 4.57 Å². The summed E-state index contributed by atoms with van der Waals surface area (Å²) < 4.78 is 2.14. The Kier molecular flexibility index (Phi) is 2.86. The molecule has 0 saturated carbocycles. The number of aryl methyl sites for hydroxylation is 1. The van der Waals surface area contributed by atoms with Gasteiger partial charge in [-0.05, 0) is 36.2 Å². The van der Waals surface area contributed by atoms with Gasteiger partial charge < -0.3 is 4.57 Å². The standard InChI is InChI=1S/C21H14N2O3/c1-2-22-19-8-7-12(23(25)26)9-16(19)17-10-18-15(11-20(17)22)13-5-3-4-6-14(13)21(18)24/h3-11H,2H2,1H3. The van der Waals surface area contributed by atoms with Crippen molar-refractivity contribution in [1.29, 1.82) is 0 Å². The van der Waals surface area contributed by atoms with Crippen LogP contribution in [0.25, 0.3) is 32.9 Å². The largest absolute Gasteiger partial charge is 0.341 e. The van der Waals surface area contributed by atoms with E-state index in [9.17, 15) is 14.9 Å². The van der Waals surface area contributed by atoms with Crippen LogP contribution in [-0.4, -0.2) is 15.3 Å². The normalized spacial score (nSPS) is 12.6. The summed E-state index contributed by atoms with van der Waals surface area (Å²) in [6.45, 7) is 2.79. The molecule has 0 fully saturated rings. The molecule has 0 N–H and O–H groups in total. The summed E-state index contributed by atoms with van der Waals surface area (Å²) in [4.78, 5) is 23.6. The highest BCUT2D eigenvalue weighted by Gasteiger charge is 2.28. The van der Waals surface area contributed by atoms with Gasteiger partial charge in [-0.15, -0.1) is 0 Å². The summed E-state index contributed by atoms with van der Waals surface area (Å²) in [5, 5.41) is 12.9. The van der Waals surface area contributed by atoms with Gasteiger partial charge in [0, 0.05) is 51.6 Å². The fourth-order valence-electron chi connectivity index (χ4n) is 4.06. The molecule has 126 valence electrons. The second-order valence-electron chi connectivity index (χ2n) is 6.49. The highest BCUT2D eigenvalue weighted by atomic mass is 16.6. The number of rotatable bonds is 2. The maximum absolute atomic E-state index is 12.8. The number of non-ortho nitro benzene ring substituents is 1. The van der Waals surface area contributed by atoms with Crippen LogP contribution in [-0.2, 0) is 6.54 Å². The molecule has 5 nitrogen and oxygen atoms in total. The number of nitro groups is 1. The lowest BCUT2D eigenvalue weighted by Gasteiger charge is -2.05. The zero-order chi connectivity index (χ0) is 18.0. The molecule has 1 aromatic heterocycles. The Bertz CT molecular complexity index is 1270. The summed E-state index contributed by atoms with van der Waals surface area (Å²) >= 11 is 0. The van der Waals surface area contributed by atoms with Crippen LogP contribution in [0, 0.1) is 10.1 Å². The van der Waals surface area contributed by atoms with Crippen LogP contribution in [0.15, 0.2) is 54.6 Å². The average Bonchev–Trinajstić information content (AvgIpc) is 3.12. The van der Waals surface area contributed by atoms with Crippen molar-refractivity contribution in [2.24, 2.45) is 0 Å². The molecule has 4 aromatic rings. The highest BCUT2D eigenvalue weighted by Crippen LogP contribution is 2.41. The highest BCUT2D eigenvalue weighted by molar-refractivity contribution is 6.25. The van der Waals surface area contributed by atoms with Crippen molar-refractivity contribution in [2.75, 3.05) is 0 Å². The van der Waals surface area contributed by atoms with E-state index in [1.54, 1.807) is 12.1 Å². The van der Waals surface area contributed by atoms with Gasteiger partial charge in [0.15, 0.2) is 5.78 Å². The van der Waals surface area contributed by atoms with Gasteiger partial charge in [-0.3, -0.25) is 14.9 Å². The van der Waals surface area contributed by atoms with Crippen molar-refractivity contribution in [3.05, 3.63) is 75.8 Å². The Labute approximate surface area is 148 Å². The predicted octanol–water partition coefficient (Wildman–Crippen LogP) is 4.93. The molecule has 3 aromatic carbocycles. The maximum atomic E-state index is 12.8. The van der Waals surface area contributed by atoms with Gasteiger partial charge in [0.1, 0.15) is 0 Å². The van der Waals surface area contributed by atoms with E-state index >= 15 is 0 Å². The van der Waals surface area contributed by atoms with Crippen LogP contribution < -0.4 is 0 Å². The van der Waals surface area contributed by atoms with E-state index in [0.29, 0.717) is 11.1 Å². The Morgan fingerprint density at radius 3 is 2.35 bits per heavy atom. The molecule has 5 heteroatoms. The van der Waals surface area contributed by atoms with Crippen molar-refractivity contribution >= 4 is 33.3 Å². The van der Waals surface area contributed by atoms with E-state index in [0.717, 1.165) is 39.5 Å². The van der Waals surface area contributed by atoms with Gasteiger partial charge in [-0.25, -0.2) is 0 Å². The maximum Gasteiger partial charge on any atom is 0.270 e. The summed E-state index contributed by atoms with van der Waals surface area (Å²) in [7, 11) is 0. The van der Waals surface area contributed by atoms with Crippen LogP contribution in [0.1, 0.15) is 22.8 Å². The molecular formula is C21H14N2O3. The molecule has 0 radical (unpaired) electrons. The van der Waals surface area contributed by atoms with Crippen molar-refractivity contribution in [3.63, 3.8) is 0 Å². The first-order valence-electron chi connectivity index (χ1n) is 8.48. The summed E-state index contributed by atoms with van der Waals surface area (Å²) in [5.74, 6) is 0.0142. The number of nitrogens with zero attached hydrogens (tertiary/aromatic N) is 2. The molecule has 0 unspecified atom stereocenters. The van der Waals surface area contributed by atoms with Crippen LogP contribution in [0.5, 0.6) is 0 Å². The van der Waals surface area contributed by atoms with Crippen molar-refractivity contribution in [2.45, 2.75) is 13.5 Å².